The summed E-state index contributed by atoms with van der Waals surface area (Å²) in [6.07, 6.45) is 10.3. The Bertz CT molecular complexity index is 2110. The second-order valence-electron chi connectivity index (χ2n) is 11.6. The Labute approximate surface area is 282 Å². The molecule has 48 heavy (non-hydrogen) atoms. The van der Waals surface area contributed by atoms with Gasteiger partial charge in [0.1, 0.15) is 0 Å². The van der Waals surface area contributed by atoms with E-state index in [0.29, 0.717) is 0 Å². The number of dihydropyridines is 1. The number of hydrogen-bond acceptors (Lipinski definition) is 4. The first-order chi connectivity index (χ1) is 23.7. The highest BCUT2D eigenvalue weighted by Crippen LogP contribution is 2.35. The SMILES string of the molecule is NCN=C(/C=C(/c1ccccc1)c1cc(-c2ccc(C3=CC=CCN3)cc2)cc(-c2ccc(-c3ccccn3)cc2)c1)c1ccccc1. The molecule has 4 nitrogen and oxygen atoms in total. The molecule has 6 aromatic rings. The highest BCUT2D eigenvalue weighted by Gasteiger charge is 2.14. The van der Waals surface area contributed by atoms with Crippen LogP contribution in [-0.4, -0.2) is 23.9 Å². The van der Waals surface area contributed by atoms with Gasteiger partial charge in [-0.3, -0.25) is 9.98 Å². The van der Waals surface area contributed by atoms with Crippen LogP contribution in [0.2, 0.25) is 0 Å². The third kappa shape index (κ3) is 7.00. The Balaban J connectivity index is 1.38. The quantitative estimate of drug-likeness (QED) is 0.158. The van der Waals surface area contributed by atoms with Gasteiger partial charge in [0, 0.05) is 24.0 Å². The molecular weight excluding hydrogens is 585 g/mol. The molecule has 4 heteroatoms. The van der Waals surface area contributed by atoms with E-state index in [0.717, 1.165) is 73.7 Å². The molecule has 232 valence electrons. The van der Waals surface area contributed by atoms with Gasteiger partial charge < -0.3 is 11.1 Å². The number of rotatable bonds is 9. The zero-order chi connectivity index (χ0) is 32.5. The molecule has 0 atom stereocenters. The number of hydrogen-bond donors (Lipinski definition) is 2. The van der Waals surface area contributed by atoms with E-state index in [2.05, 4.69) is 138 Å². The van der Waals surface area contributed by atoms with Crippen LogP contribution >= 0.6 is 0 Å². The number of benzene rings is 5. The van der Waals surface area contributed by atoms with E-state index in [1.807, 2.05) is 48.7 Å². The fraction of sp³-hybridized carbons (Fsp3) is 0.0455. The Morgan fingerprint density at radius 3 is 1.81 bits per heavy atom. The van der Waals surface area contributed by atoms with E-state index in [1.54, 1.807) is 0 Å². The molecular formula is C44H36N4. The maximum absolute atomic E-state index is 6.01. The van der Waals surface area contributed by atoms with Crippen LogP contribution in [0.1, 0.15) is 22.3 Å². The van der Waals surface area contributed by atoms with E-state index >= 15 is 0 Å². The van der Waals surface area contributed by atoms with Crippen molar-refractivity contribution in [2.24, 2.45) is 10.7 Å². The minimum Gasteiger partial charge on any atom is -0.381 e. The Kier molecular flexibility index (Phi) is 9.26. The Morgan fingerprint density at radius 1 is 0.625 bits per heavy atom. The molecule has 5 aromatic carbocycles. The molecule has 1 aromatic heterocycles. The van der Waals surface area contributed by atoms with Gasteiger partial charge in [-0.05, 0) is 92.6 Å². The predicted octanol–water partition coefficient (Wildman–Crippen LogP) is 9.42. The van der Waals surface area contributed by atoms with Gasteiger partial charge in [-0.25, -0.2) is 0 Å². The number of aromatic nitrogens is 1. The molecule has 0 spiro atoms. The summed E-state index contributed by atoms with van der Waals surface area (Å²) in [6.45, 7) is 1.04. The van der Waals surface area contributed by atoms with Gasteiger partial charge in [-0.2, -0.15) is 0 Å². The molecule has 1 aliphatic rings. The Hall–Kier alpha value is -6.10. The van der Waals surface area contributed by atoms with Crippen LogP contribution < -0.4 is 11.1 Å². The number of allylic oxidation sites excluding steroid dienone is 3. The number of aliphatic imine (C=N–C) groups is 1. The number of pyridine rings is 1. The lowest BCUT2D eigenvalue weighted by molar-refractivity contribution is 0.996. The fourth-order valence-corrected chi connectivity index (χ4v) is 6.00. The van der Waals surface area contributed by atoms with Gasteiger partial charge in [0.05, 0.1) is 18.1 Å². The van der Waals surface area contributed by atoms with Crippen molar-refractivity contribution >= 4 is 17.0 Å². The normalized spacial score (nSPS) is 13.1. The van der Waals surface area contributed by atoms with E-state index in [1.165, 1.54) is 5.56 Å². The van der Waals surface area contributed by atoms with Crippen molar-refractivity contribution < 1.29 is 0 Å². The number of nitrogens with two attached hydrogens (primary N) is 1. The highest BCUT2D eigenvalue weighted by molar-refractivity contribution is 6.14. The van der Waals surface area contributed by atoms with Crippen molar-refractivity contribution in [1.82, 2.24) is 10.3 Å². The second-order valence-corrected chi connectivity index (χ2v) is 11.6. The second kappa shape index (κ2) is 14.5. The first-order valence-corrected chi connectivity index (χ1v) is 16.2. The van der Waals surface area contributed by atoms with E-state index < -0.39 is 0 Å². The molecule has 3 N–H and O–H groups in total. The Morgan fingerprint density at radius 2 is 1.23 bits per heavy atom. The monoisotopic (exact) mass is 620 g/mol. The molecule has 1 aliphatic heterocycles. The smallest absolute Gasteiger partial charge is 0.0866 e. The van der Waals surface area contributed by atoms with Gasteiger partial charge in [-0.1, -0.05) is 127 Å². The van der Waals surface area contributed by atoms with Crippen molar-refractivity contribution in [3.8, 4) is 33.5 Å². The molecule has 0 unspecified atom stereocenters. The molecule has 0 amide bonds. The van der Waals surface area contributed by atoms with Gasteiger partial charge in [0.25, 0.3) is 0 Å². The van der Waals surface area contributed by atoms with Crippen LogP contribution in [0, 0.1) is 0 Å². The standard InChI is InChI=1S/C44H36N4/c45-31-48-44(35-13-5-2-6-14-35)30-41(34-11-3-1-4-12-34)40-28-38(32-17-21-36(22-18-32)42-15-7-9-25-46-42)27-39(29-40)33-19-23-37(24-20-33)43-16-8-10-26-47-43/h1-25,27-30,47H,26,31,45H2/b41-30-,48-44?. The van der Waals surface area contributed by atoms with E-state index in [9.17, 15) is 0 Å². The molecule has 0 bridgehead atoms. The summed E-state index contributed by atoms with van der Waals surface area (Å²) in [5.74, 6) is 0. The van der Waals surface area contributed by atoms with Gasteiger partial charge in [0.15, 0.2) is 0 Å². The predicted molar refractivity (Wildman–Crippen MR) is 201 cm³/mol. The summed E-state index contributed by atoms with van der Waals surface area (Å²) in [7, 11) is 0. The van der Waals surface area contributed by atoms with Gasteiger partial charge >= 0.3 is 0 Å². The average molecular weight is 621 g/mol. The summed E-state index contributed by atoms with van der Waals surface area (Å²) >= 11 is 0. The topological polar surface area (TPSA) is 63.3 Å². The third-order valence-electron chi connectivity index (χ3n) is 8.46. The van der Waals surface area contributed by atoms with Gasteiger partial charge in [0.2, 0.25) is 0 Å². The molecule has 7 rings (SSSR count). The van der Waals surface area contributed by atoms with E-state index in [-0.39, 0.29) is 6.67 Å². The maximum atomic E-state index is 6.01. The third-order valence-corrected chi connectivity index (χ3v) is 8.46. The van der Waals surface area contributed by atoms with Crippen molar-refractivity contribution in [2.45, 2.75) is 0 Å². The molecule has 0 fully saturated rings. The largest absolute Gasteiger partial charge is 0.381 e. The molecule has 0 aliphatic carbocycles. The first kappa shape index (κ1) is 30.5. The summed E-state index contributed by atoms with van der Waals surface area (Å²) in [5.41, 5.74) is 20.0. The fourth-order valence-electron chi connectivity index (χ4n) is 6.00. The molecule has 0 saturated carbocycles. The molecule has 0 saturated heterocycles. The molecule has 2 heterocycles. The minimum atomic E-state index is 0.199. The lowest BCUT2D eigenvalue weighted by atomic mass is 9.89. The van der Waals surface area contributed by atoms with Crippen molar-refractivity contribution in [3.63, 3.8) is 0 Å². The van der Waals surface area contributed by atoms with Crippen molar-refractivity contribution in [1.29, 1.82) is 0 Å². The lowest BCUT2D eigenvalue weighted by Gasteiger charge is -2.16. The zero-order valence-electron chi connectivity index (χ0n) is 26.6. The minimum absolute atomic E-state index is 0.199. The maximum Gasteiger partial charge on any atom is 0.0866 e. The summed E-state index contributed by atoms with van der Waals surface area (Å²) in [5, 5.41) is 3.47. The lowest BCUT2D eigenvalue weighted by Crippen LogP contribution is -2.14. The van der Waals surface area contributed by atoms with Crippen LogP contribution in [-0.2, 0) is 0 Å². The summed E-state index contributed by atoms with van der Waals surface area (Å²) in [6, 6.07) is 51.0. The van der Waals surface area contributed by atoms with Gasteiger partial charge in [-0.15, -0.1) is 0 Å². The number of nitrogens with one attached hydrogen (secondary N) is 1. The van der Waals surface area contributed by atoms with Crippen LogP contribution in [0.3, 0.4) is 0 Å². The zero-order valence-corrected chi connectivity index (χ0v) is 26.6. The van der Waals surface area contributed by atoms with Crippen LogP contribution in [0.5, 0.6) is 0 Å². The summed E-state index contributed by atoms with van der Waals surface area (Å²) in [4.78, 5) is 9.28. The summed E-state index contributed by atoms with van der Waals surface area (Å²) < 4.78 is 0. The van der Waals surface area contributed by atoms with Crippen LogP contribution in [0.25, 0.3) is 44.8 Å². The van der Waals surface area contributed by atoms with Crippen LogP contribution in [0.15, 0.2) is 181 Å². The first-order valence-electron chi connectivity index (χ1n) is 16.2. The molecule has 0 radical (unpaired) electrons. The number of nitrogens with zero attached hydrogens (tertiary/aromatic N) is 2. The highest BCUT2D eigenvalue weighted by atomic mass is 14.9. The van der Waals surface area contributed by atoms with E-state index in [4.69, 9.17) is 10.7 Å². The van der Waals surface area contributed by atoms with Crippen molar-refractivity contribution in [2.75, 3.05) is 13.2 Å². The van der Waals surface area contributed by atoms with Crippen molar-refractivity contribution in [3.05, 3.63) is 198 Å². The average Bonchev–Trinajstić information content (AvgIpc) is 3.18. The van der Waals surface area contributed by atoms with Crippen LogP contribution in [0.4, 0.5) is 0 Å².